The number of carboxylic acids is 1. The van der Waals surface area contributed by atoms with Crippen LogP contribution < -0.4 is 5.32 Å². The Bertz CT molecular complexity index is 371. The number of nitrogens with one attached hydrogen (secondary N) is 1. The minimum Gasteiger partial charge on any atom is -0.481 e. The van der Waals surface area contributed by atoms with Gasteiger partial charge in [0.05, 0.1) is 5.41 Å². The van der Waals surface area contributed by atoms with E-state index in [0.29, 0.717) is 19.5 Å². The van der Waals surface area contributed by atoms with Crippen LogP contribution in [-0.4, -0.2) is 24.2 Å². The van der Waals surface area contributed by atoms with Crippen molar-refractivity contribution >= 4 is 5.97 Å². The molecule has 1 aliphatic heterocycles. The second kappa shape index (κ2) is 3.62. The third-order valence-electron chi connectivity index (χ3n) is 2.84. The fraction of sp³-hybridized carbons (Fsp3) is 0.364. The number of aliphatic carboxylic acids is 1. The molecule has 80 valence electrons. The van der Waals surface area contributed by atoms with Gasteiger partial charge in [-0.1, -0.05) is 12.1 Å². The second-order valence-electron chi connectivity index (χ2n) is 3.99. The lowest BCUT2D eigenvalue weighted by Gasteiger charge is -2.38. The minimum absolute atomic E-state index is 0.296. The number of carboxylic acid groups (broad SMARTS) is 1. The van der Waals surface area contributed by atoms with Crippen molar-refractivity contribution in [3.8, 4) is 0 Å². The average Bonchev–Trinajstić information content (AvgIpc) is 2.13. The van der Waals surface area contributed by atoms with Gasteiger partial charge in [0.25, 0.3) is 0 Å². The smallest absolute Gasteiger partial charge is 0.312 e. The van der Waals surface area contributed by atoms with Crippen molar-refractivity contribution in [2.24, 2.45) is 5.41 Å². The van der Waals surface area contributed by atoms with Crippen molar-refractivity contribution < 1.29 is 14.3 Å². The molecule has 0 unspecified atom stereocenters. The molecule has 0 aliphatic carbocycles. The summed E-state index contributed by atoms with van der Waals surface area (Å²) in [5, 5.41) is 12.0. The molecule has 2 N–H and O–H groups in total. The molecule has 0 atom stereocenters. The summed E-state index contributed by atoms with van der Waals surface area (Å²) in [6.07, 6.45) is 0.454. The van der Waals surface area contributed by atoms with Gasteiger partial charge in [-0.3, -0.25) is 4.79 Å². The van der Waals surface area contributed by atoms with Crippen LogP contribution in [0.1, 0.15) is 5.56 Å². The SMILES string of the molecule is O=C(O)C1(Cc2ccc(F)cc2)CNC1. The van der Waals surface area contributed by atoms with Crippen LogP contribution in [0.3, 0.4) is 0 Å². The van der Waals surface area contributed by atoms with Gasteiger partial charge in [0, 0.05) is 13.1 Å². The van der Waals surface area contributed by atoms with Crippen molar-refractivity contribution in [2.75, 3.05) is 13.1 Å². The van der Waals surface area contributed by atoms with Crippen LogP contribution >= 0.6 is 0 Å². The predicted octanol–water partition coefficient (Wildman–Crippen LogP) is 1.04. The van der Waals surface area contributed by atoms with Crippen molar-refractivity contribution in [3.05, 3.63) is 35.6 Å². The lowest BCUT2D eigenvalue weighted by molar-refractivity contribution is -0.152. The minimum atomic E-state index is -0.787. The number of hydrogen-bond donors (Lipinski definition) is 2. The number of benzene rings is 1. The van der Waals surface area contributed by atoms with E-state index in [0.717, 1.165) is 5.56 Å². The molecule has 0 bridgehead atoms. The van der Waals surface area contributed by atoms with Crippen molar-refractivity contribution in [1.82, 2.24) is 5.32 Å². The Morgan fingerprint density at radius 3 is 2.40 bits per heavy atom. The molecule has 1 aromatic rings. The zero-order valence-electron chi connectivity index (χ0n) is 8.16. The lowest BCUT2D eigenvalue weighted by atomic mass is 9.76. The number of carbonyl (C=O) groups is 1. The summed E-state index contributed by atoms with van der Waals surface area (Å²) in [7, 11) is 0. The molecule has 3 nitrogen and oxygen atoms in total. The quantitative estimate of drug-likeness (QED) is 0.782. The highest BCUT2D eigenvalue weighted by Gasteiger charge is 2.44. The first kappa shape index (κ1) is 10.1. The van der Waals surface area contributed by atoms with Crippen LogP contribution in [-0.2, 0) is 11.2 Å². The largest absolute Gasteiger partial charge is 0.481 e. The van der Waals surface area contributed by atoms with Gasteiger partial charge < -0.3 is 10.4 Å². The maximum atomic E-state index is 12.6. The van der Waals surface area contributed by atoms with E-state index in [2.05, 4.69) is 5.32 Å². The maximum Gasteiger partial charge on any atom is 0.312 e. The van der Waals surface area contributed by atoms with E-state index in [4.69, 9.17) is 5.11 Å². The molecule has 0 aromatic heterocycles. The van der Waals surface area contributed by atoms with Gasteiger partial charge in [-0.05, 0) is 24.1 Å². The first-order chi connectivity index (χ1) is 7.12. The summed E-state index contributed by atoms with van der Waals surface area (Å²) >= 11 is 0. The topological polar surface area (TPSA) is 49.3 Å². The van der Waals surface area contributed by atoms with Crippen LogP contribution in [0.25, 0.3) is 0 Å². The summed E-state index contributed by atoms with van der Waals surface area (Å²) in [6.45, 7) is 0.972. The van der Waals surface area contributed by atoms with Crippen molar-refractivity contribution in [3.63, 3.8) is 0 Å². The number of halogens is 1. The molecule has 1 aromatic carbocycles. The summed E-state index contributed by atoms with van der Waals surface area (Å²) in [4.78, 5) is 11.1. The van der Waals surface area contributed by atoms with E-state index in [1.165, 1.54) is 12.1 Å². The Morgan fingerprint density at radius 2 is 2.00 bits per heavy atom. The second-order valence-corrected chi connectivity index (χ2v) is 3.99. The zero-order chi connectivity index (χ0) is 10.9. The molecule has 0 radical (unpaired) electrons. The van der Waals surface area contributed by atoms with Gasteiger partial charge in [-0.25, -0.2) is 4.39 Å². The van der Waals surface area contributed by atoms with Gasteiger partial charge in [0.2, 0.25) is 0 Å². The Morgan fingerprint density at radius 1 is 1.40 bits per heavy atom. The Hall–Kier alpha value is -1.42. The third kappa shape index (κ3) is 1.85. The Labute approximate surface area is 86.9 Å². The first-order valence-corrected chi connectivity index (χ1v) is 4.81. The predicted molar refractivity (Wildman–Crippen MR) is 53.0 cm³/mol. The monoisotopic (exact) mass is 209 g/mol. The highest BCUT2D eigenvalue weighted by molar-refractivity contribution is 5.77. The van der Waals surface area contributed by atoms with E-state index in [1.54, 1.807) is 12.1 Å². The molecule has 1 fully saturated rings. The van der Waals surface area contributed by atoms with E-state index in [-0.39, 0.29) is 5.82 Å². The van der Waals surface area contributed by atoms with Crippen LogP contribution in [0, 0.1) is 11.2 Å². The molecule has 1 aliphatic rings. The van der Waals surface area contributed by atoms with Crippen LogP contribution in [0.15, 0.2) is 24.3 Å². The van der Waals surface area contributed by atoms with Crippen LogP contribution in [0.4, 0.5) is 4.39 Å². The molecule has 0 amide bonds. The molecule has 1 saturated heterocycles. The summed E-state index contributed by atoms with van der Waals surface area (Å²) in [5.41, 5.74) is 0.165. The van der Waals surface area contributed by atoms with E-state index >= 15 is 0 Å². The molecular formula is C11H12FNO2. The fourth-order valence-corrected chi connectivity index (χ4v) is 1.77. The van der Waals surface area contributed by atoms with Gasteiger partial charge in [-0.2, -0.15) is 0 Å². The first-order valence-electron chi connectivity index (χ1n) is 4.81. The van der Waals surface area contributed by atoms with E-state index in [1.807, 2.05) is 0 Å². The number of hydrogen-bond acceptors (Lipinski definition) is 2. The van der Waals surface area contributed by atoms with E-state index < -0.39 is 11.4 Å². The van der Waals surface area contributed by atoms with Gasteiger partial charge in [-0.15, -0.1) is 0 Å². The van der Waals surface area contributed by atoms with Crippen molar-refractivity contribution in [1.29, 1.82) is 0 Å². The zero-order valence-corrected chi connectivity index (χ0v) is 8.16. The lowest BCUT2D eigenvalue weighted by Crippen LogP contribution is -2.59. The highest BCUT2D eigenvalue weighted by atomic mass is 19.1. The van der Waals surface area contributed by atoms with Gasteiger partial charge in [0.15, 0.2) is 0 Å². The summed E-state index contributed by atoms with van der Waals surface area (Å²) < 4.78 is 12.6. The summed E-state index contributed by atoms with van der Waals surface area (Å²) in [6, 6.07) is 5.99. The molecule has 4 heteroatoms. The molecule has 15 heavy (non-hydrogen) atoms. The number of rotatable bonds is 3. The normalized spacial score (nSPS) is 18.2. The molecule has 0 saturated carbocycles. The third-order valence-corrected chi connectivity index (χ3v) is 2.84. The van der Waals surface area contributed by atoms with Crippen molar-refractivity contribution in [2.45, 2.75) is 6.42 Å². The summed E-state index contributed by atoms with van der Waals surface area (Å²) in [5.74, 6) is -1.08. The highest BCUT2D eigenvalue weighted by Crippen LogP contribution is 2.28. The fourth-order valence-electron chi connectivity index (χ4n) is 1.77. The Kier molecular flexibility index (Phi) is 2.44. The average molecular weight is 209 g/mol. The van der Waals surface area contributed by atoms with Gasteiger partial charge in [0.1, 0.15) is 5.82 Å². The van der Waals surface area contributed by atoms with Crippen LogP contribution in [0.2, 0.25) is 0 Å². The standard InChI is InChI=1S/C11H12FNO2/c12-9-3-1-8(2-4-9)5-11(10(14)15)6-13-7-11/h1-4,13H,5-7H2,(H,14,15). The maximum absolute atomic E-state index is 12.6. The Balaban J connectivity index is 2.13. The van der Waals surface area contributed by atoms with E-state index in [9.17, 15) is 9.18 Å². The van der Waals surface area contributed by atoms with Gasteiger partial charge >= 0.3 is 5.97 Å². The van der Waals surface area contributed by atoms with Crippen LogP contribution in [0.5, 0.6) is 0 Å². The molecule has 0 spiro atoms. The molecular weight excluding hydrogens is 197 g/mol. The molecule has 2 rings (SSSR count). The molecule has 1 heterocycles.